The van der Waals surface area contributed by atoms with Crippen molar-refractivity contribution in [2.45, 2.75) is 52.0 Å². The number of esters is 1. The minimum atomic E-state index is -0.257. The van der Waals surface area contributed by atoms with E-state index in [1.807, 2.05) is 19.0 Å². The van der Waals surface area contributed by atoms with Gasteiger partial charge in [0, 0.05) is 32.5 Å². The van der Waals surface area contributed by atoms with Crippen LogP contribution in [0.4, 0.5) is 0 Å². The van der Waals surface area contributed by atoms with Crippen LogP contribution in [0.25, 0.3) is 0 Å². The Morgan fingerprint density at radius 2 is 1.88 bits per heavy atom. The smallest absolute Gasteiger partial charge is 0.307 e. The number of carbonyl (C=O) groups excluding carboxylic acids is 2. The van der Waals surface area contributed by atoms with Crippen LogP contribution >= 0.6 is 11.6 Å². The molecule has 1 aliphatic heterocycles. The maximum absolute atomic E-state index is 12.2. The highest BCUT2D eigenvalue weighted by molar-refractivity contribution is 6.29. The van der Waals surface area contributed by atoms with Crippen LogP contribution in [-0.4, -0.2) is 60.1 Å². The number of nitrogens with one attached hydrogen (secondary N) is 1. The maximum Gasteiger partial charge on any atom is 0.307 e. The molecular weight excluding hydrogens is 356 g/mol. The zero-order valence-electron chi connectivity index (χ0n) is 16.1. The van der Waals surface area contributed by atoms with Crippen LogP contribution < -0.4 is 5.32 Å². The summed E-state index contributed by atoms with van der Waals surface area (Å²) >= 11 is 6.12. The molecule has 0 saturated carbocycles. The Labute approximate surface area is 161 Å². The molecule has 1 aliphatic rings. The van der Waals surface area contributed by atoms with Gasteiger partial charge in [-0.05, 0) is 40.3 Å². The Morgan fingerprint density at radius 1 is 1.23 bits per heavy atom. The molecule has 0 atom stereocenters. The highest BCUT2D eigenvalue weighted by Crippen LogP contribution is 2.16. The van der Waals surface area contributed by atoms with E-state index in [9.17, 15) is 9.59 Å². The van der Waals surface area contributed by atoms with Crippen molar-refractivity contribution >= 4 is 23.5 Å². The second-order valence-corrected chi connectivity index (χ2v) is 6.53. The number of piperidine rings is 1. The standard InChI is InChI=1S/C16H24ClN3O3.C2H7N/c1-2-23-16(22)8-11-20-13(17)12-18-14(20)6-7-15(21)19-9-4-3-5-10-19;1-3-2/h12H,2-11H2,1H3;3H,1-2H3. The zero-order chi connectivity index (χ0) is 19.4. The van der Waals surface area contributed by atoms with Crippen LogP contribution in [0.3, 0.4) is 0 Å². The van der Waals surface area contributed by atoms with Crippen molar-refractivity contribution in [2.24, 2.45) is 0 Å². The molecule has 2 heterocycles. The fourth-order valence-electron chi connectivity index (χ4n) is 2.78. The molecule has 0 bridgehead atoms. The average molecular weight is 387 g/mol. The molecule has 26 heavy (non-hydrogen) atoms. The lowest BCUT2D eigenvalue weighted by Gasteiger charge is -2.26. The Hall–Kier alpha value is -1.60. The summed E-state index contributed by atoms with van der Waals surface area (Å²) in [5.41, 5.74) is 0. The summed E-state index contributed by atoms with van der Waals surface area (Å²) in [6, 6.07) is 0. The third kappa shape index (κ3) is 7.74. The van der Waals surface area contributed by atoms with Gasteiger partial charge in [-0.1, -0.05) is 11.6 Å². The number of nitrogens with zero attached hydrogens (tertiary/aromatic N) is 3. The van der Waals surface area contributed by atoms with Gasteiger partial charge in [-0.15, -0.1) is 0 Å². The molecule has 7 nitrogen and oxygen atoms in total. The number of halogens is 1. The third-order valence-electron chi connectivity index (χ3n) is 4.01. The number of hydrogen-bond acceptors (Lipinski definition) is 5. The predicted octanol–water partition coefficient (Wildman–Crippen LogP) is 2.27. The molecule has 8 heteroatoms. The minimum absolute atomic E-state index is 0.167. The van der Waals surface area contributed by atoms with Gasteiger partial charge >= 0.3 is 5.97 Å². The van der Waals surface area contributed by atoms with Crippen molar-refractivity contribution in [1.29, 1.82) is 0 Å². The van der Waals surface area contributed by atoms with Gasteiger partial charge in [0.05, 0.1) is 19.2 Å². The normalized spacial score (nSPS) is 13.8. The van der Waals surface area contributed by atoms with Gasteiger partial charge in [0.15, 0.2) is 0 Å². The molecule has 1 aromatic heterocycles. The topological polar surface area (TPSA) is 76.5 Å². The molecule has 0 radical (unpaired) electrons. The van der Waals surface area contributed by atoms with Crippen molar-refractivity contribution in [3.8, 4) is 0 Å². The van der Waals surface area contributed by atoms with Gasteiger partial charge < -0.3 is 19.5 Å². The van der Waals surface area contributed by atoms with E-state index < -0.39 is 0 Å². The first-order chi connectivity index (χ1) is 12.5. The Balaban J connectivity index is 0.00000105. The number of aromatic nitrogens is 2. The van der Waals surface area contributed by atoms with E-state index in [2.05, 4.69) is 10.3 Å². The first kappa shape index (κ1) is 22.4. The molecule has 1 saturated heterocycles. The maximum atomic E-state index is 12.2. The quantitative estimate of drug-likeness (QED) is 0.727. The van der Waals surface area contributed by atoms with Gasteiger partial charge in [0.1, 0.15) is 11.0 Å². The minimum Gasteiger partial charge on any atom is -0.466 e. The summed E-state index contributed by atoms with van der Waals surface area (Å²) in [5.74, 6) is 0.651. The molecule has 148 valence electrons. The molecule has 1 aromatic rings. The van der Waals surface area contributed by atoms with E-state index in [-0.39, 0.29) is 18.3 Å². The zero-order valence-corrected chi connectivity index (χ0v) is 16.8. The van der Waals surface area contributed by atoms with E-state index in [0.717, 1.165) is 31.8 Å². The Morgan fingerprint density at radius 3 is 2.50 bits per heavy atom. The number of ether oxygens (including phenoxy) is 1. The summed E-state index contributed by atoms with van der Waals surface area (Å²) in [4.78, 5) is 29.9. The van der Waals surface area contributed by atoms with Crippen LogP contribution in [0.5, 0.6) is 0 Å². The van der Waals surface area contributed by atoms with Gasteiger partial charge in [-0.25, -0.2) is 4.98 Å². The predicted molar refractivity (Wildman–Crippen MR) is 102 cm³/mol. The highest BCUT2D eigenvalue weighted by Gasteiger charge is 2.18. The molecule has 0 aliphatic carbocycles. The Kier molecular flexibility index (Phi) is 11.0. The van der Waals surface area contributed by atoms with E-state index >= 15 is 0 Å². The monoisotopic (exact) mass is 386 g/mol. The van der Waals surface area contributed by atoms with Crippen molar-refractivity contribution < 1.29 is 14.3 Å². The van der Waals surface area contributed by atoms with Crippen LogP contribution in [-0.2, 0) is 27.3 Å². The lowest BCUT2D eigenvalue weighted by Crippen LogP contribution is -2.35. The summed E-state index contributed by atoms with van der Waals surface area (Å²) in [6.45, 7) is 4.28. The van der Waals surface area contributed by atoms with Gasteiger partial charge in [-0.3, -0.25) is 9.59 Å². The molecule has 1 amide bonds. The molecular formula is C18H31ClN4O3. The molecule has 0 unspecified atom stereocenters. The molecule has 2 rings (SSSR count). The lowest BCUT2D eigenvalue weighted by molar-refractivity contribution is -0.143. The summed E-state index contributed by atoms with van der Waals surface area (Å²) in [6.07, 6.45) is 6.15. The van der Waals surface area contributed by atoms with Gasteiger partial charge in [0.2, 0.25) is 5.91 Å². The first-order valence-electron chi connectivity index (χ1n) is 9.25. The Bertz CT molecular complexity index is 557. The van der Waals surface area contributed by atoms with Crippen LogP contribution in [0, 0.1) is 0 Å². The third-order valence-corrected chi connectivity index (χ3v) is 4.31. The van der Waals surface area contributed by atoms with Crippen molar-refractivity contribution in [2.75, 3.05) is 33.8 Å². The largest absolute Gasteiger partial charge is 0.466 e. The molecule has 1 N–H and O–H groups in total. The molecule has 0 spiro atoms. The molecule has 1 fully saturated rings. The summed E-state index contributed by atoms with van der Waals surface area (Å²) in [7, 11) is 3.75. The van der Waals surface area contributed by atoms with Crippen LogP contribution in [0.2, 0.25) is 5.15 Å². The van der Waals surface area contributed by atoms with Crippen LogP contribution in [0.1, 0.15) is 44.9 Å². The summed E-state index contributed by atoms with van der Waals surface area (Å²) in [5, 5.41) is 3.23. The average Bonchev–Trinajstić information content (AvgIpc) is 2.99. The second kappa shape index (κ2) is 12.7. The summed E-state index contributed by atoms with van der Waals surface area (Å²) < 4.78 is 6.70. The fourth-order valence-corrected chi connectivity index (χ4v) is 3.01. The van der Waals surface area contributed by atoms with E-state index in [4.69, 9.17) is 16.3 Å². The number of aryl methyl sites for hydroxylation is 1. The van der Waals surface area contributed by atoms with Crippen molar-refractivity contribution in [3.05, 3.63) is 17.2 Å². The first-order valence-corrected chi connectivity index (χ1v) is 9.63. The van der Waals surface area contributed by atoms with Crippen molar-refractivity contribution in [1.82, 2.24) is 19.8 Å². The highest BCUT2D eigenvalue weighted by atomic mass is 35.5. The fraction of sp³-hybridized carbons (Fsp3) is 0.722. The second-order valence-electron chi connectivity index (χ2n) is 6.15. The van der Waals surface area contributed by atoms with E-state index in [1.54, 1.807) is 17.7 Å². The number of amides is 1. The van der Waals surface area contributed by atoms with E-state index in [0.29, 0.717) is 31.1 Å². The number of carbonyl (C=O) groups is 2. The SMILES string of the molecule is CCOC(=O)CCn1c(Cl)cnc1CCC(=O)N1CCCCC1.CNC. The van der Waals surface area contributed by atoms with Crippen LogP contribution in [0.15, 0.2) is 6.20 Å². The molecule has 0 aromatic carbocycles. The van der Waals surface area contributed by atoms with Crippen molar-refractivity contribution in [3.63, 3.8) is 0 Å². The number of hydrogen-bond donors (Lipinski definition) is 1. The van der Waals surface area contributed by atoms with Gasteiger partial charge in [0.25, 0.3) is 0 Å². The number of imidazole rings is 1. The number of rotatable bonds is 7. The lowest BCUT2D eigenvalue weighted by atomic mass is 10.1. The number of likely N-dealkylation sites (tertiary alicyclic amines) is 1. The van der Waals surface area contributed by atoms with E-state index in [1.165, 1.54) is 6.42 Å². The van der Waals surface area contributed by atoms with Gasteiger partial charge in [-0.2, -0.15) is 0 Å².